The molecule has 2 N–H and O–H groups in total. The molecule has 0 aromatic heterocycles. The summed E-state index contributed by atoms with van der Waals surface area (Å²) in [4.78, 5) is 23.5. The number of amides is 1. The van der Waals surface area contributed by atoms with Crippen LogP contribution in [0.3, 0.4) is 0 Å². The van der Waals surface area contributed by atoms with E-state index in [4.69, 9.17) is 4.74 Å². The fourth-order valence-corrected chi connectivity index (χ4v) is 2.55. The topological polar surface area (TPSA) is 75.6 Å². The second-order valence-corrected chi connectivity index (χ2v) is 6.11. The van der Waals surface area contributed by atoms with Gasteiger partial charge in [-0.25, -0.2) is 8.78 Å². The zero-order valence-electron chi connectivity index (χ0n) is 14.8. The predicted molar refractivity (Wildman–Crippen MR) is 95.2 cm³/mol. The molecule has 2 atom stereocenters. The average molecular weight is 377 g/mol. The molecule has 0 heterocycles. The van der Waals surface area contributed by atoms with E-state index in [9.17, 15) is 23.5 Å². The molecule has 7 heteroatoms. The van der Waals surface area contributed by atoms with Gasteiger partial charge in [-0.2, -0.15) is 0 Å². The molecule has 0 aliphatic carbocycles. The maximum Gasteiger partial charge on any atom is 0.308 e. The Kier molecular flexibility index (Phi) is 7.28. The van der Waals surface area contributed by atoms with E-state index in [-0.39, 0.29) is 24.7 Å². The maximum absolute atomic E-state index is 13.5. The Labute approximate surface area is 156 Å². The number of halogens is 2. The van der Waals surface area contributed by atoms with Gasteiger partial charge in [0.1, 0.15) is 5.82 Å². The first-order valence-corrected chi connectivity index (χ1v) is 8.53. The van der Waals surface area contributed by atoms with Crippen LogP contribution in [0.5, 0.6) is 5.75 Å². The summed E-state index contributed by atoms with van der Waals surface area (Å²) < 4.78 is 31.5. The number of ether oxygens (including phenoxy) is 1. The number of aliphatic carboxylic acids is 1. The van der Waals surface area contributed by atoms with E-state index in [1.807, 2.05) is 0 Å². The highest BCUT2D eigenvalue weighted by Gasteiger charge is 2.26. The standard InChI is InChI=1S/C20H21F2NO4/c1-13(20(25)26)19(14-6-3-2-4-7-14)23-18(24)8-5-11-27-17-10-9-15(21)12-16(17)22/h2-4,6-7,9-10,12-13,19H,5,8,11H2,1H3,(H,23,24)(H,25,26). The quantitative estimate of drug-likeness (QED) is 0.654. The first-order chi connectivity index (χ1) is 12.9. The Balaban J connectivity index is 1.87. The number of carboxylic acids is 1. The summed E-state index contributed by atoms with van der Waals surface area (Å²) in [6.45, 7) is 1.60. The van der Waals surface area contributed by atoms with E-state index in [1.165, 1.54) is 13.0 Å². The van der Waals surface area contributed by atoms with Crippen LogP contribution in [-0.2, 0) is 9.59 Å². The highest BCUT2D eigenvalue weighted by Crippen LogP contribution is 2.22. The van der Waals surface area contributed by atoms with E-state index < -0.39 is 29.6 Å². The lowest BCUT2D eigenvalue weighted by Crippen LogP contribution is -2.35. The lowest BCUT2D eigenvalue weighted by atomic mass is 9.94. The largest absolute Gasteiger partial charge is 0.491 e. The molecule has 0 saturated heterocycles. The first-order valence-electron chi connectivity index (χ1n) is 8.53. The van der Waals surface area contributed by atoms with Crippen molar-refractivity contribution in [1.82, 2.24) is 5.32 Å². The monoisotopic (exact) mass is 377 g/mol. The summed E-state index contributed by atoms with van der Waals surface area (Å²) in [6.07, 6.45) is 0.379. The van der Waals surface area contributed by atoms with Gasteiger partial charge in [-0.3, -0.25) is 9.59 Å². The van der Waals surface area contributed by atoms with Crippen molar-refractivity contribution in [2.24, 2.45) is 5.92 Å². The number of carboxylic acid groups (broad SMARTS) is 1. The minimum absolute atomic E-state index is 0.0699. The van der Waals surface area contributed by atoms with Gasteiger partial charge in [0.25, 0.3) is 0 Å². The second-order valence-electron chi connectivity index (χ2n) is 6.11. The number of carbonyl (C=O) groups is 2. The highest BCUT2D eigenvalue weighted by atomic mass is 19.1. The Morgan fingerprint density at radius 2 is 1.85 bits per heavy atom. The number of hydrogen-bond acceptors (Lipinski definition) is 3. The van der Waals surface area contributed by atoms with Crippen LogP contribution in [0.15, 0.2) is 48.5 Å². The number of benzene rings is 2. The van der Waals surface area contributed by atoms with Gasteiger partial charge in [0.05, 0.1) is 18.6 Å². The van der Waals surface area contributed by atoms with Crippen LogP contribution < -0.4 is 10.1 Å². The van der Waals surface area contributed by atoms with Crippen molar-refractivity contribution in [2.45, 2.75) is 25.8 Å². The number of rotatable bonds is 9. The molecule has 2 rings (SSSR count). The molecule has 2 aromatic rings. The second kappa shape index (κ2) is 9.66. The molecule has 0 radical (unpaired) electrons. The normalized spacial score (nSPS) is 12.9. The highest BCUT2D eigenvalue weighted by molar-refractivity contribution is 5.78. The SMILES string of the molecule is CC(C(=O)O)C(NC(=O)CCCOc1ccc(F)cc1F)c1ccccc1. The van der Waals surface area contributed by atoms with Crippen LogP contribution in [0.25, 0.3) is 0 Å². The molecule has 27 heavy (non-hydrogen) atoms. The van der Waals surface area contributed by atoms with Crippen molar-refractivity contribution >= 4 is 11.9 Å². The molecule has 0 bridgehead atoms. The predicted octanol–water partition coefficient (Wildman–Crippen LogP) is 3.70. The van der Waals surface area contributed by atoms with E-state index in [0.29, 0.717) is 12.0 Å². The molecule has 0 fully saturated rings. The van der Waals surface area contributed by atoms with Crippen molar-refractivity contribution in [3.8, 4) is 5.75 Å². The van der Waals surface area contributed by atoms with Gasteiger partial charge in [-0.05, 0) is 31.0 Å². The molecule has 5 nitrogen and oxygen atoms in total. The molecular weight excluding hydrogens is 356 g/mol. The summed E-state index contributed by atoms with van der Waals surface area (Å²) in [5.41, 5.74) is 0.699. The Morgan fingerprint density at radius 1 is 1.15 bits per heavy atom. The van der Waals surface area contributed by atoms with Crippen molar-refractivity contribution in [3.63, 3.8) is 0 Å². The summed E-state index contributed by atoms with van der Waals surface area (Å²) in [5, 5.41) is 12.0. The zero-order chi connectivity index (χ0) is 19.8. The van der Waals surface area contributed by atoms with Gasteiger partial charge in [0.15, 0.2) is 11.6 Å². The summed E-state index contributed by atoms with van der Waals surface area (Å²) in [6, 6.07) is 11.2. The Morgan fingerprint density at radius 3 is 2.48 bits per heavy atom. The van der Waals surface area contributed by atoms with Crippen molar-refractivity contribution < 1.29 is 28.2 Å². The zero-order valence-corrected chi connectivity index (χ0v) is 14.8. The summed E-state index contributed by atoms with van der Waals surface area (Å²) >= 11 is 0. The van der Waals surface area contributed by atoms with E-state index in [1.54, 1.807) is 30.3 Å². The lowest BCUT2D eigenvalue weighted by Gasteiger charge is -2.23. The lowest BCUT2D eigenvalue weighted by molar-refractivity contribution is -0.142. The van der Waals surface area contributed by atoms with Gasteiger partial charge in [0.2, 0.25) is 5.91 Å². The molecule has 0 aliphatic heterocycles. The summed E-state index contributed by atoms with van der Waals surface area (Å²) in [5.74, 6) is -3.74. The van der Waals surface area contributed by atoms with Crippen molar-refractivity contribution in [3.05, 3.63) is 65.7 Å². The van der Waals surface area contributed by atoms with Gasteiger partial charge < -0.3 is 15.2 Å². The number of hydrogen-bond donors (Lipinski definition) is 2. The fraction of sp³-hybridized carbons (Fsp3) is 0.300. The van der Waals surface area contributed by atoms with Crippen molar-refractivity contribution in [1.29, 1.82) is 0 Å². The van der Waals surface area contributed by atoms with Gasteiger partial charge in [0, 0.05) is 12.5 Å². The third kappa shape index (κ3) is 6.06. The average Bonchev–Trinajstić information content (AvgIpc) is 2.64. The Bertz CT molecular complexity index is 783. The molecular formula is C20H21F2NO4. The van der Waals surface area contributed by atoms with E-state index >= 15 is 0 Å². The fourth-order valence-electron chi connectivity index (χ4n) is 2.55. The van der Waals surface area contributed by atoms with Crippen LogP contribution in [0, 0.1) is 17.6 Å². The van der Waals surface area contributed by atoms with Crippen LogP contribution in [0.4, 0.5) is 8.78 Å². The van der Waals surface area contributed by atoms with Crippen LogP contribution >= 0.6 is 0 Å². The van der Waals surface area contributed by atoms with E-state index in [2.05, 4.69) is 5.32 Å². The minimum Gasteiger partial charge on any atom is -0.491 e. The number of carbonyl (C=O) groups excluding carboxylic acids is 1. The molecule has 0 spiro atoms. The maximum atomic E-state index is 13.5. The molecule has 2 unspecified atom stereocenters. The smallest absolute Gasteiger partial charge is 0.308 e. The molecule has 144 valence electrons. The Hall–Kier alpha value is -2.96. The molecule has 2 aromatic carbocycles. The third-order valence-corrected chi connectivity index (χ3v) is 4.06. The number of nitrogens with one attached hydrogen (secondary N) is 1. The van der Waals surface area contributed by atoms with Crippen LogP contribution in [0.2, 0.25) is 0 Å². The van der Waals surface area contributed by atoms with Gasteiger partial charge in [-0.15, -0.1) is 0 Å². The molecule has 0 saturated carbocycles. The van der Waals surface area contributed by atoms with Gasteiger partial charge >= 0.3 is 5.97 Å². The van der Waals surface area contributed by atoms with E-state index in [0.717, 1.165) is 12.1 Å². The summed E-state index contributed by atoms with van der Waals surface area (Å²) in [7, 11) is 0. The first kappa shape index (κ1) is 20.4. The van der Waals surface area contributed by atoms with Crippen LogP contribution in [0.1, 0.15) is 31.4 Å². The van der Waals surface area contributed by atoms with Crippen LogP contribution in [-0.4, -0.2) is 23.6 Å². The molecule has 0 aliphatic rings. The minimum atomic E-state index is -1.01. The van der Waals surface area contributed by atoms with Crippen molar-refractivity contribution in [2.75, 3.05) is 6.61 Å². The molecule has 1 amide bonds. The van der Waals surface area contributed by atoms with Gasteiger partial charge in [-0.1, -0.05) is 30.3 Å². The third-order valence-electron chi connectivity index (χ3n) is 4.06.